The second-order valence-electron chi connectivity index (χ2n) is 7.65. The van der Waals surface area contributed by atoms with Gasteiger partial charge in [0.05, 0.1) is 17.8 Å². The van der Waals surface area contributed by atoms with Crippen molar-refractivity contribution in [3.8, 4) is 17.0 Å². The summed E-state index contributed by atoms with van der Waals surface area (Å²) in [5.74, 6) is 1.64. The van der Waals surface area contributed by atoms with Gasteiger partial charge in [-0.1, -0.05) is 13.8 Å². The number of hydrogen-bond donors (Lipinski definition) is 2. The summed E-state index contributed by atoms with van der Waals surface area (Å²) in [4.78, 5) is 14.2. The third-order valence-corrected chi connectivity index (χ3v) is 6.66. The predicted molar refractivity (Wildman–Crippen MR) is 111 cm³/mol. The van der Waals surface area contributed by atoms with Gasteiger partial charge in [-0.25, -0.2) is 14.5 Å². The molecular weight excluding hydrogens is 372 g/mol. The number of piperidine rings is 1. The van der Waals surface area contributed by atoms with Crippen molar-refractivity contribution in [1.82, 2.24) is 29.9 Å². The SMILES string of the molecule is COc1cc(-c2[nH]c3sc(C4CCNCC4)nc3c2C(C)C)cn2ncnc12. The molecule has 4 aromatic heterocycles. The van der Waals surface area contributed by atoms with E-state index in [1.54, 1.807) is 29.3 Å². The Bertz CT molecular complexity index is 1130. The van der Waals surface area contributed by atoms with Gasteiger partial charge in [-0.05, 0) is 37.9 Å². The lowest BCUT2D eigenvalue weighted by Gasteiger charge is -2.20. The topological polar surface area (TPSA) is 80.1 Å². The maximum absolute atomic E-state index is 5.55. The monoisotopic (exact) mass is 396 g/mol. The first-order valence-corrected chi connectivity index (χ1v) is 10.6. The summed E-state index contributed by atoms with van der Waals surface area (Å²) in [5.41, 5.74) is 5.22. The van der Waals surface area contributed by atoms with Gasteiger partial charge in [-0.15, -0.1) is 11.3 Å². The number of ether oxygens (including phenoxy) is 1. The minimum absolute atomic E-state index is 0.351. The van der Waals surface area contributed by atoms with E-state index in [1.807, 2.05) is 12.3 Å². The van der Waals surface area contributed by atoms with Crippen molar-refractivity contribution in [3.05, 3.63) is 29.2 Å². The number of nitrogens with zero attached hydrogens (tertiary/aromatic N) is 4. The predicted octanol–water partition coefficient (Wildman–Crippen LogP) is 3.93. The average Bonchev–Trinajstić information content (AvgIpc) is 3.41. The molecule has 0 spiro atoms. The first-order valence-electron chi connectivity index (χ1n) is 9.76. The Morgan fingerprint density at radius 1 is 1.29 bits per heavy atom. The number of thiazole rings is 1. The maximum atomic E-state index is 5.55. The van der Waals surface area contributed by atoms with Gasteiger partial charge in [0.2, 0.25) is 0 Å². The van der Waals surface area contributed by atoms with Gasteiger partial charge in [0.25, 0.3) is 0 Å². The van der Waals surface area contributed by atoms with Crippen LogP contribution in [0.15, 0.2) is 18.6 Å². The lowest BCUT2D eigenvalue weighted by Crippen LogP contribution is -2.26. The van der Waals surface area contributed by atoms with Crippen LogP contribution >= 0.6 is 11.3 Å². The van der Waals surface area contributed by atoms with Crippen LogP contribution in [-0.4, -0.2) is 44.8 Å². The fourth-order valence-corrected chi connectivity index (χ4v) is 5.27. The molecule has 0 radical (unpaired) electrons. The van der Waals surface area contributed by atoms with Crippen LogP contribution < -0.4 is 10.1 Å². The van der Waals surface area contributed by atoms with Crippen LogP contribution in [0.2, 0.25) is 0 Å². The van der Waals surface area contributed by atoms with Crippen LogP contribution in [0.4, 0.5) is 0 Å². The molecule has 0 saturated carbocycles. The number of fused-ring (bicyclic) bond motifs is 2. The number of H-pyrrole nitrogens is 1. The third-order valence-electron chi connectivity index (χ3n) is 5.52. The van der Waals surface area contributed by atoms with Gasteiger partial charge in [-0.2, -0.15) is 5.10 Å². The lowest BCUT2D eigenvalue weighted by molar-refractivity contribution is 0.416. The zero-order valence-corrected chi connectivity index (χ0v) is 17.1. The van der Waals surface area contributed by atoms with Crippen LogP contribution in [0.5, 0.6) is 5.75 Å². The Hall–Kier alpha value is -2.45. The van der Waals surface area contributed by atoms with Gasteiger partial charge in [0.15, 0.2) is 11.4 Å². The smallest absolute Gasteiger partial charge is 0.197 e. The molecule has 5 rings (SSSR count). The first-order chi connectivity index (χ1) is 13.7. The number of rotatable bonds is 4. The highest BCUT2D eigenvalue weighted by Crippen LogP contribution is 2.41. The van der Waals surface area contributed by atoms with Crippen LogP contribution in [0.25, 0.3) is 27.3 Å². The van der Waals surface area contributed by atoms with Crippen molar-refractivity contribution in [2.75, 3.05) is 20.2 Å². The normalized spacial score (nSPS) is 15.9. The third kappa shape index (κ3) is 2.79. The van der Waals surface area contributed by atoms with E-state index in [4.69, 9.17) is 9.72 Å². The molecule has 8 heteroatoms. The molecule has 28 heavy (non-hydrogen) atoms. The quantitative estimate of drug-likeness (QED) is 0.546. The molecule has 0 bridgehead atoms. The summed E-state index contributed by atoms with van der Waals surface area (Å²) in [5, 5.41) is 9.00. The number of aromatic nitrogens is 5. The summed E-state index contributed by atoms with van der Waals surface area (Å²) in [6.45, 7) is 6.61. The van der Waals surface area contributed by atoms with E-state index in [1.165, 1.54) is 23.4 Å². The summed E-state index contributed by atoms with van der Waals surface area (Å²) < 4.78 is 7.31. The molecule has 7 nitrogen and oxygen atoms in total. The Balaban J connectivity index is 1.65. The molecule has 2 N–H and O–H groups in total. The zero-order chi connectivity index (χ0) is 19.3. The highest BCUT2D eigenvalue weighted by molar-refractivity contribution is 7.18. The number of methoxy groups -OCH3 is 1. The molecule has 1 aliphatic rings. The molecule has 0 atom stereocenters. The number of pyridine rings is 1. The molecule has 1 fully saturated rings. The van der Waals surface area contributed by atoms with E-state index in [0.29, 0.717) is 17.6 Å². The van der Waals surface area contributed by atoms with Gasteiger partial charge in [-0.3, -0.25) is 0 Å². The molecule has 1 saturated heterocycles. The van der Waals surface area contributed by atoms with E-state index in [9.17, 15) is 0 Å². The van der Waals surface area contributed by atoms with Crippen molar-refractivity contribution >= 4 is 27.3 Å². The van der Waals surface area contributed by atoms with E-state index in [0.717, 1.165) is 40.3 Å². The van der Waals surface area contributed by atoms with Crippen molar-refractivity contribution in [2.24, 2.45) is 0 Å². The molecule has 0 unspecified atom stereocenters. The van der Waals surface area contributed by atoms with Gasteiger partial charge in [0.1, 0.15) is 16.7 Å². The van der Waals surface area contributed by atoms with Crippen LogP contribution in [0, 0.1) is 0 Å². The second-order valence-corrected chi connectivity index (χ2v) is 8.68. The number of hydrogen-bond acceptors (Lipinski definition) is 6. The molecular formula is C20H24N6OS. The minimum Gasteiger partial charge on any atom is -0.493 e. The summed E-state index contributed by atoms with van der Waals surface area (Å²) in [6.07, 6.45) is 5.88. The Morgan fingerprint density at radius 3 is 2.86 bits per heavy atom. The van der Waals surface area contributed by atoms with Gasteiger partial charge >= 0.3 is 0 Å². The standard InChI is InChI=1S/C20H24N6OS/c1-11(2)15-16(13-8-14(27-3)18-22-10-23-26(18)9-13)24-20-17(15)25-19(28-20)12-4-6-21-7-5-12/h8-12,21,24H,4-7H2,1-3H3. The van der Waals surface area contributed by atoms with E-state index < -0.39 is 0 Å². The maximum Gasteiger partial charge on any atom is 0.197 e. The molecule has 4 aromatic rings. The van der Waals surface area contributed by atoms with Gasteiger partial charge in [0, 0.05) is 23.2 Å². The largest absolute Gasteiger partial charge is 0.493 e. The highest BCUT2D eigenvalue weighted by atomic mass is 32.1. The molecule has 5 heterocycles. The second kappa shape index (κ2) is 6.86. The molecule has 0 aromatic carbocycles. The minimum atomic E-state index is 0.351. The summed E-state index contributed by atoms with van der Waals surface area (Å²) in [7, 11) is 1.66. The van der Waals surface area contributed by atoms with Crippen LogP contribution in [0.3, 0.4) is 0 Å². The molecule has 1 aliphatic heterocycles. The molecule has 0 aliphatic carbocycles. The Morgan fingerprint density at radius 2 is 2.11 bits per heavy atom. The lowest BCUT2D eigenvalue weighted by atomic mass is 9.98. The fraction of sp³-hybridized carbons (Fsp3) is 0.450. The van der Waals surface area contributed by atoms with Crippen molar-refractivity contribution in [2.45, 2.75) is 38.5 Å². The first kappa shape index (κ1) is 17.6. The van der Waals surface area contributed by atoms with Gasteiger partial charge < -0.3 is 15.0 Å². The van der Waals surface area contributed by atoms with Crippen molar-refractivity contribution < 1.29 is 4.74 Å². The number of nitrogens with one attached hydrogen (secondary N) is 2. The Labute approximate surface area is 167 Å². The Kier molecular flexibility index (Phi) is 4.32. The van der Waals surface area contributed by atoms with Crippen LogP contribution in [-0.2, 0) is 0 Å². The average molecular weight is 397 g/mol. The molecule has 146 valence electrons. The van der Waals surface area contributed by atoms with Crippen LogP contribution in [0.1, 0.15) is 49.1 Å². The molecule has 0 amide bonds. The van der Waals surface area contributed by atoms with E-state index in [2.05, 4.69) is 34.2 Å². The number of aromatic amines is 1. The fourth-order valence-electron chi connectivity index (χ4n) is 4.12. The summed E-state index contributed by atoms with van der Waals surface area (Å²) >= 11 is 1.81. The summed E-state index contributed by atoms with van der Waals surface area (Å²) in [6, 6.07) is 2.03. The van der Waals surface area contributed by atoms with Crippen molar-refractivity contribution in [3.63, 3.8) is 0 Å². The zero-order valence-electron chi connectivity index (χ0n) is 16.3. The van der Waals surface area contributed by atoms with E-state index >= 15 is 0 Å². The van der Waals surface area contributed by atoms with Crippen molar-refractivity contribution in [1.29, 1.82) is 0 Å². The highest BCUT2D eigenvalue weighted by Gasteiger charge is 2.24. The van der Waals surface area contributed by atoms with E-state index in [-0.39, 0.29) is 0 Å².